The molecular formula is C20H23N5O4. The average molecular weight is 397 g/mol. The second-order valence-electron chi connectivity index (χ2n) is 6.76. The van der Waals surface area contributed by atoms with Crippen molar-refractivity contribution in [1.82, 2.24) is 9.88 Å². The van der Waals surface area contributed by atoms with E-state index in [9.17, 15) is 20.2 Å². The summed E-state index contributed by atoms with van der Waals surface area (Å²) in [6.45, 7) is 3.57. The van der Waals surface area contributed by atoms with Crippen LogP contribution in [-0.4, -0.2) is 33.8 Å². The minimum absolute atomic E-state index is 0.247. The van der Waals surface area contributed by atoms with E-state index < -0.39 is 9.85 Å². The lowest BCUT2D eigenvalue weighted by Gasteiger charge is -2.05. The predicted octanol–water partition coefficient (Wildman–Crippen LogP) is 4.40. The largest absolute Gasteiger partial charge is 0.398 e. The maximum Gasteiger partial charge on any atom is 0.283 e. The average Bonchev–Trinajstić information content (AvgIpc) is 3.07. The Kier molecular flexibility index (Phi) is 6.55. The third kappa shape index (κ3) is 5.32. The van der Waals surface area contributed by atoms with E-state index in [0.717, 1.165) is 22.8 Å². The van der Waals surface area contributed by atoms with Crippen molar-refractivity contribution < 1.29 is 9.85 Å². The number of H-pyrrole nitrogens is 1. The number of nitrogens with two attached hydrogens (primary N) is 1. The molecule has 9 heteroatoms. The van der Waals surface area contributed by atoms with E-state index in [1.54, 1.807) is 38.2 Å². The number of fused-ring (bicyclic) bond motifs is 1. The Labute approximate surface area is 167 Å². The first-order chi connectivity index (χ1) is 13.6. The number of nitrogens with zero attached hydrogens (tertiary/aromatic N) is 3. The summed E-state index contributed by atoms with van der Waals surface area (Å²) in [6.07, 6.45) is 5.12. The number of benzene rings is 2. The van der Waals surface area contributed by atoms with Crippen molar-refractivity contribution in [2.75, 3.05) is 19.8 Å². The van der Waals surface area contributed by atoms with Crippen LogP contribution in [0.4, 0.5) is 17.1 Å². The van der Waals surface area contributed by atoms with E-state index >= 15 is 0 Å². The first-order valence-electron chi connectivity index (χ1n) is 8.71. The molecule has 3 rings (SSSR count). The fourth-order valence-corrected chi connectivity index (χ4v) is 2.66. The minimum Gasteiger partial charge on any atom is -0.398 e. The molecule has 0 spiro atoms. The summed E-state index contributed by atoms with van der Waals surface area (Å²) in [4.78, 5) is 25.2. The summed E-state index contributed by atoms with van der Waals surface area (Å²) >= 11 is 0. The molecule has 0 bridgehead atoms. The van der Waals surface area contributed by atoms with Crippen LogP contribution in [0.1, 0.15) is 16.7 Å². The van der Waals surface area contributed by atoms with Crippen molar-refractivity contribution in [3.8, 4) is 0 Å². The standard InChI is InChI=1S/C11H13N3O4.C9H10N2/c1-8-6-9(4-5-12(2)3)11(14(17)18)7-10(8)13(15)16;1-6-4-7-2-3-11-9(7)5-8(6)10/h4-7H,1-3H3;2-5,11H,10H2,1H3/b5-4+;. The minimum atomic E-state index is -0.623. The van der Waals surface area contributed by atoms with Crippen LogP contribution in [0.5, 0.6) is 0 Å². The van der Waals surface area contributed by atoms with Crippen LogP contribution in [0.25, 0.3) is 17.0 Å². The molecule has 3 aromatic rings. The zero-order valence-corrected chi connectivity index (χ0v) is 16.7. The van der Waals surface area contributed by atoms with E-state index in [0.29, 0.717) is 11.1 Å². The van der Waals surface area contributed by atoms with Gasteiger partial charge < -0.3 is 15.6 Å². The first-order valence-corrected chi connectivity index (χ1v) is 8.71. The van der Waals surface area contributed by atoms with Gasteiger partial charge in [0.15, 0.2) is 0 Å². The molecule has 0 amide bonds. The van der Waals surface area contributed by atoms with Crippen LogP contribution >= 0.6 is 0 Å². The number of nitro benzene ring substituents is 2. The van der Waals surface area contributed by atoms with Gasteiger partial charge >= 0.3 is 0 Å². The van der Waals surface area contributed by atoms with Crippen LogP contribution in [0.3, 0.4) is 0 Å². The van der Waals surface area contributed by atoms with Crippen LogP contribution in [-0.2, 0) is 0 Å². The molecule has 0 atom stereocenters. The highest BCUT2D eigenvalue weighted by molar-refractivity contribution is 5.83. The Hall–Kier alpha value is -3.88. The third-order valence-electron chi connectivity index (χ3n) is 4.23. The van der Waals surface area contributed by atoms with E-state index in [1.165, 1.54) is 11.5 Å². The first kappa shape index (κ1) is 21.4. The molecule has 0 fully saturated rings. The van der Waals surface area contributed by atoms with Gasteiger partial charge in [-0.05, 0) is 61.3 Å². The van der Waals surface area contributed by atoms with E-state index in [1.807, 2.05) is 25.3 Å². The van der Waals surface area contributed by atoms with Crippen molar-refractivity contribution in [1.29, 1.82) is 0 Å². The number of nitro groups is 2. The molecule has 0 aliphatic carbocycles. The number of nitrogens with one attached hydrogen (secondary N) is 1. The summed E-state index contributed by atoms with van der Waals surface area (Å²) in [5.74, 6) is 0. The lowest BCUT2D eigenvalue weighted by Crippen LogP contribution is -2.01. The highest BCUT2D eigenvalue weighted by Gasteiger charge is 2.21. The van der Waals surface area contributed by atoms with Gasteiger partial charge in [-0.2, -0.15) is 0 Å². The van der Waals surface area contributed by atoms with Crippen molar-refractivity contribution in [3.63, 3.8) is 0 Å². The van der Waals surface area contributed by atoms with E-state index in [-0.39, 0.29) is 11.4 Å². The van der Waals surface area contributed by atoms with Gasteiger partial charge in [-0.1, -0.05) is 0 Å². The summed E-state index contributed by atoms with van der Waals surface area (Å²) in [6, 6.07) is 8.52. The highest BCUT2D eigenvalue weighted by Crippen LogP contribution is 2.29. The Morgan fingerprint density at radius 3 is 2.24 bits per heavy atom. The fourth-order valence-electron chi connectivity index (χ4n) is 2.66. The zero-order valence-electron chi connectivity index (χ0n) is 16.7. The van der Waals surface area contributed by atoms with Gasteiger partial charge in [0.1, 0.15) is 0 Å². The van der Waals surface area contributed by atoms with Gasteiger partial charge in [0, 0.05) is 37.1 Å². The van der Waals surface area contributed by atoms with Crippen molar-refractivity contribution >= 4 is 34.0 Å². The Morgan fingerprint density at radius 1 is 1.00 bits per heavy atom. The molecule has 0 saturated carbocycles. The van der Waals surface area contributed by atoms with Gasteiger partial charge in [0.2, 0.25) is 0 Å². The molecule has 0 unspecified atom stereocenters. The Morgan fingerprint density at radius 2 is 1.66 bits per heavy atom. The van der Waals surface area contributed by atoms with Crippen molar-refractivity contribution in [2.45, 2.75) is 13.8 Å². The normalized spacial score (nSPS) is 10.6. The van der Waals surface area contributed by atoms with E-state index in [2.05, 4.69) is 11.1 Å². The number of aromatic amines is 1. The molecule has 1 heterocycles. The molecule has 29 heavy (non-hydrogen) atoms. The maximum atomic E-state index is 10.9. The smallest absolute Gasteiger partial charge is 0.283 e. The van der Waals surface area contributed by atoms with Gasteiger partial charge in [-0.25, -0.2) is 0 Å². The molecule has 0 radical (unpaired) electrons. The second kappa shape index (κ2) is 8.87. The lowest BCUT2D eigenvalue weighted by molar-refractivity contribution is -0.394. The number of hydrogen-bond acceptors (Lipinski definition) is 6. The molecule has 152 valence electrons. The molecular weight excluding hydrogens is 374 g/mol. The van der Waals surface area contributed by atoms with Crippen LogP contribution < -0.4 is 5.73 Å². The van der Waals surface area contributed by atoms with Crippen molar-refractivity contribution in [2.24, 2.45) is 0 Å². The number of nitrogen functional groups attached to an aromatic ring is 1. The molecule has 9 nitrogen and oxygen atoms in total. The van der Waals surface area contributed by atoms with Crippen LogP contribution in [0.15, 0.2) is 42.7 Å². The van der Waals surface area contributed by atoms with Crippen molar-refractivity contribution in [3.05, 3.63) is 79.6 Å². The second-order valence-corrected chi connectivity index (χ2v) is 6.76. The number of aryl methyl sites for hydroxylation is 2. The van der Waals surface area contributed by atoms with Gasteiger partial charge in [-0.15, -0.1) is 0 Å². The summed E-state index contributed by atoms with van der Waals surface area (Å²) in [5, 5.41) is 22.8. The Bertz CT molecular complexity index is 1050. The Balaban J connectivity index is 0.000000230. The number of rotatable bonds is 4. The molecule has 1 aromatic heterocycles. The highest BCUT2D eigenvalue weighted by atomic mass is 16.6. The summed E-state index contributed by atoms with van der Waals surface area (Å²) in [7, 11) is 3.56. The van der Waals surface area contributed by atoms with Crippen LogP contribution in [0, 0.1) is 34.1 Å². The van der Waals surface area contributed by atoms with Gasteiger partial charge in [0.25, 0.3) is 11.4 Å². The molecule has 0 aliphatic rings. The lowest BCUT2D eigenvalue weighted by atomic mass is 10.1. The zero-order chi connectivity index (χ0) is 21.7. The summed E-state index contributed by atoms with van der Waals surface area (Å²) in [5.41, 5.74) is 9.03. The number of hydrogen-bond donors (Lipinski definition) is 2. The maximum absolute atomic E-state index is 10.9. The predicted molar refractivity (Wildman–Crippen MR) is 115 cm³/mol. The molecule has 0 saturated heterocycles. The quantitative estimate of drug-likeness (QED) is 0.381. The molecule has 2 aromatic carbocycles. The van der Waals surface area contributed by atoms with E-state index in [4.69, 9.17) is 5.73 Å². The summed E-state index contributed by atoms with van der Waals surface area (Å²) < 4.78 is 0. The fraction of sp³-hybridized carbons (Fsp3) is 0.200. The topological polar surface area (TPSA) is 131 Å². The molecule has 0 aliphatic heterocycles. The van der Waals surface area contributed by atoms with Gasteiger partial charge in [0.05, 0.1) is 21.5 Å². The SMILES string of the molecule is Cc1cc(/C=C/N(C)C)c([N+](=O)[O-])cc1[N+](=O)[O-].Cc1cc2cc[nH]c2cc1N. The number of anilines is 1. The number of aromatic nitrogens is 1. The third-order valence-corrected chi connectivity index (χ3v) is 4.23. The van der Waals surface area contributed by atoms with Gasteiger partial charge in [-0.3, -0.25) is 20.2 Å². The van der Waals surface area contributed by atoms with Crippen LogP contribution in [0.2, 0.25) is 0 Å². The monoisotopic (exact) mass is 397 g/mol. The molecule has 3 N–H and O–H groups in total.